The predicted molar refractivity (Wildman–Crippen MR) is 43.9 cm³/mol. The summed E-state index contributed by atoms with van der Waals surface area (Å²) in [5.74, 6) is -0.244. The van der Waals surface area contributed by atoms with Gasteiger partial charge in [0.1, 0.15) is 0 Å². The fourth-order valence-electron chi connectivity index (χ4n) is 0.621. The van der Waals surface area contributed by atoms with E-state index >= 15 is 0 Å². The number of methoxy groups -OCH3 is 1. The van der Waals surface area contributed by atoms with Crippen LogP contribution in [0.5, 0.6) is 0 Å². The molecule has 0 aliphatic rings. The Kier molecular flexibility index (Phi) is 14.3. The van der Waals surface area contributed by atoms with E-state index in [0.717, 1.165) is 6.42 Å². The Balaban J connectivity index is 0. The van der Waals surface area contributed by atoms with Crippen molar-refractivity contribution < 1.29 is 38.5 Å². The van der Waals surface area contributed by atoms with Crippen LogP contribution >= 0.6 is 0 Å². The molecule has 0 aromatic carbocycles. The fraction of sp³-hybridized carbons (Fsp3) is 0.875. The largest absolute Gasteiger partial charge is 0.466 e. The molecule has 74 valence electrons. The summed E-state index contributed by atoms with van der Waals surface area (Å²) in [4.78, 5) is 10.3. The van der Waals surface area contributed by atoms with Gasteiger partial charge in [0, 0.05) is 46.5 Å². The Labute approximate surface area is 91.7 Å². The Bertz CT molecular complexity index is 119. The molecule has 0 amide bonds. The van der Waals surface area contributed by atoms with E-state index in [9.17, 15) is 4.79 Å². The third-order valence-corrected chi connectivity index (χ3v) is 1.17. The van der Waals surface area contributed by atoms with Gasteiger partial charge in [0.2, 0.25) is 0 Å². The van der Waals surface area contributed by atoms with E-state index < -0.39 is 0 Å². The topological polar surface area (TPSA) is 44.8 Å². The summed E-state index contributed by atoms with van der Waals surface area (Å²) >= 11 is 0. The van der Waals surface area contributed by atoms with Crippen molar-refractivity contribution in [2.45, 2.75) is 13.3 Å². The standard InChI is InChI=1S/C8H16O4.Zn/c1-8(9)12-5-3-4-11-7-6-10-2;/h3-7H2,1-2H3;. The summed E-state index contributed by atoms with van der Waals surface area (Å²) < 4.78 is 14.6. The maximum absolute atomic E-state index is 10.3. The summed E-state index contributed by atoms with van der Waals surface area (Å²) in [6, 6.07) is 0. The van der Waals surface area contributed by atoms with Crippen molar-refractivity contribution in [1.82, 2.24) is 0 Å². The third-order valence-electron chi connectivity index (χ3n) is 1.17. The number of esters is 1. The smallest absolute Gasteiger partial charge is 0.302 e. The average Bonchev–Trinajstić information content (AvgIpc) is 2.02. The first-order valence-electron chi connectivity index (χ1n) is 3.97. The first kappa shape index (κ1) is 15.5. The molecule has 0 unspecified atom stereocenters. The molecular formula is C8H16O4Zn. The first-order valence-corrected chi connectivity index (χ1v) is 3.97. The van der Waals surface area contributed by atoms with Crippen LogP contribution in [0.25, 0.3) is 0 Å². The molecule has 0 fully saturated rings. The third kappa shape index (κ3) is 14.8. The Morgan fingerprint density at radius 2 is 1.85 bits per heavy atom. The number of hydrogen-bond acceptors (Lipinski definition) is 4. The molecule has 0 radical (unpaired) electrons. The van der Waals surface area contributed by atoms with Crippen LogP contribution < -0.4 is 0 Å². The van der Waals surface area contributed by atoms with Crippen molar-refractivity contribution in [2.24, 2.45) is 0 Å². The maximum Gasteiger partial charge on any atom is 0.302 e. The van der Waals surface area contributed by atoms with Crippen molar-refractivity contribution in [3.63, 3.8) is 0 Å². The molecule has 0 N–H and O–H groups in total. The van der Waals surface area contributed by atoms with Crippen LogP contribution in [-0.2, 0) is 38.5 Å². The van der Waals surface area contributed by atoms with Crippen LogP contribution in [0.3, 0.4) is 0 Å². The second-order valence-electron chi connectivity index (χ2n) is 2.30. The van der Waals surface area contributed by atoms with Gasteiger partial charge >= 0.3 is 5.97 Å². The second-order valence-corrected chi connectivity index (χ2v) is 2.30. The molecule has 0 aliphatic carbocycles. The van der Waals surface area contributed by atoms with Crippen LogP contribution in [0.15, 0.2) is 0 Å². The van der Waals surface area contributed by atoms with Gasteiger partial charge in [0.05, 0.1) is 19.8 Å². The van der Waals surface area contributed by atoms with Crippen molar-refractivity contribution in [3.8, 4) is 0 Å². The van der Waals surface area contributed by atoms with Crippen LogP contribution in [0.4, 0.5) is 0 Å². The molecule has 0 saturated carbocycles. The number of ether oxygens (including phenoxy) is 3. The van der Waals surface area contributed by atoms with E-state index in [-0.39, 0.29) is 25.4 Å². The molecule has 0 spiro atoms. The number of rotatable bonds is 7. The van der Waals surface area contributed by atoms with E-state index in [1.807, 2.05) is 0 Å². The van der Waals surface area contributed by atoms with Gasteiger partial charge in [-0.1, -0.05) is 0 Å². The second kappa shape index (κ2) is 12.0. The van der Waals surface area contributed by atoms with Gasteiger partial charge in [-0.25, -0.2) is 0 Å². The van der Waals surface area contributed by atoms with E-state index in [2.05, 4.69) is 0 Å². The van der Waals surface area contributed by atoms with Crippen LogP contribution in [0, 0.1) is 0 Å². The van der Waals surface area contributed by atoms with Crippen molar-refractivity contribution in [2.75, 3.05) is 33.5 Å². The molecule has 0 rings (SSSR count). The first-order chi connectivity index (χ1) is 5.77. The zero-order chi connectivity index (χ0) is 9.23. The summed E-state index contributed by atoms with van der Waals surface area (Å²) in [5, 5.41) is 0. The van der Waals surface area contributed by atoms with Crippen LogP contribution in [-0.4, -0.2) is 39.5 Å². The van der Waals surface area contributed by atoms with Gasteiger partial charge < -0.3 is 14.2 Å². The predicted octanol–water partition coefficient (Wildman–Crippen LogP) is 0.600. The number of carbonyl (C=O) groups is 1. The van der Waals surface area contributed by atoms with E-state index in [1.54, 1.807) is 7.11 Å². The minimum atomic E-state index is -0.244. The minimum Gasteiger partial charge on any atom is -0.466 e. The Morgan fingerprint density at radius 3 is 2.38 bits per heavy atom. The molecule has 0 aromatic heterocycles. The maximum atomic E-state index is 10.3. The molecule has 0 bridgehead atoms. The molecule has 0 heterocycles. The average molecular weight is 242 g/mol. The molecule has 0 aromatic rings. The monoisotopic (exact) mass is 240 g/mol. The molecule has 5 heteroatoms. The van der Waals surface area contributed by atoms with Gasteiger partial charge in [-0.05, 0) is 0 Å². The van der Waals surface area contributed by atoms with Gasteiger partial charge in [-0.3, -0.25) is 4.79 Å². The summed E-state index contributed by atoms with van der Waals surface area (Å²) in [6.45, 7) is 3.63. The van der Waals surface area contributed by atoms with E-state index in [0.29, 0.717) is 26.4 Å². The Morgan fingerprint density at radius 1 is 1.15 bits per heavy atom. The van der Waals surface area contributed by atoms with Gasteiger partial charge in [0.15, 0.2) is 0 Å². The molecular weight excluding hydrogens is 225 g/mol. The quantitative estimate of drug-likeness (QED) is 0.372. The van der Waals surface area contributed by atoms with Crippen molar-refractivity contribution in [3.05, 3.63) is 0 Å². The number of carbonyl (C=O) groups excluding carboxylic acids is 1. The zero-order valence-electron chi connectivity index (χ0n) is 8.38. The SMILES string of the molecule is COCCOCCCOC(C)=O.[Zn]. The normalized spacial score (nSPS) is 9.08. The summed E-state index contributed by atoms with van der Waals surface area (Å²) in [7, 11) is 1.63. The molecule has 0 saturated heterocycles. The molecule has 13 heavy (non-hydrogen) atoms. The summed E-state index contributed by atoms with van der Waals surface area (Å²) in [5.41, 5.74) is 0. The fourth-order valence-corrected chi connectivity index (χ4v) is 0.621. The minimum absolute atomic E-state index is 0. The van der Waals surface area contributed by atoms with Gasteiger partial charge in [-0.2, -0.15) is 0 Å². The van der Waals surface area contributed by atoms with Gasteiger partial charge in [-0.15, -0.1) is 0 Å². The van der Waals surface area contributed by atoms with Gasteiger partial charge in [0.25, 0.3) is 0 Å². The molecule has 0 aliphatic heterocycles. The van der Waals surface area contributed by atoms with Crippen molar-refractivity contribution in [1.29, 1.82) is 0 Å². The van der Waals surface area contributed by atoms with Crippen LogP contribution in [0.2, 0.25) is 0 Å². The molecule has 0 atom stereocenters. The zero-order valence-corrected chi connectivity index (χ0v) is 11.3. The van der Waals surface area contributed by atoms with Crippen LogP contribution in [0.1, 0.15) is 13.3 Å². The number of hydrogen-bond donors (Lipinski definition) is 0. The Hall–Kier alpha value is 0.0134. The summed E-state index contributed by atoms with van der Waals surface area (Å²) in [6.07, 6.45) is 0.739. The molecule has 4 nitrogen and oxygen atoms in total. The van der Waals surface area contributed by atoms with Crippen molar-refractivity contribution >= 4 is 5.97 Å². The van der Waals surface area contributed by atoms with E-state index in [4.69, 9.17) is 14.2 Å². The van der Waals surface area contributed by atoms with E-state index in [1.165, 1.54) is 6.92 Å².